The number of benzene rings is 2. The van der Waals surface area contributed by atoms with E-state index in [1.807, 2.05) is 43.3 Å². The van der Waals surface area contributed by atoms with Gasteiger partial charge in [-0.05, 0) is 42.3 Å². The number of carbonyl (C=O) groups is 1. The van der Waals surface area contributed by atoms with Crippen LogP contribution in [0.4, 0.5) is 5.82 Å². The van der Waals surface area contributed by atoms with Crippen molar-refractivity contribution in [3.05, 3.63) is 64.3 Å². The van der Waals surface area contributed by atoms with Crippen LogP contribution in [-0.4, -0.2) is 29.9 Å². The maximum atomic E-state index is 12.5. The number of amides is 1. The van der Waals surface area contributed by atoms with Crippen LogP contribution in [0.25, 0.3) is 5.69 Å². The Morgan fingerprint density at radius 3 is 2.64 bits per heavy atom. The van der Waals surface area contributed by atoms with E-state index in [0.29, 0.717) is 28.8 Å². The summed E-state index contributed by atoms with van der Waals surface area (Å²) in [6.45, 7) is 1.94. The maximum Gasteiger partial charge on any atom is 0.226 e. The fourth-order valence-electron chi connectivity index (χ4n) is 3.50. The van der Waals surface area contributed by atoms with E-state index < -0.39 is 0 Å². The Labute approximate surface area is 168 Å². The third kappa shape index (κ3) is 3.10. The van der Waals surface area contributed by atoms with Crippen molar-refractivity contribution in [2.24, 2.45) is 0 Å². The van der Waals surface area contributed by atoms with Crippen molar-refractivity contribution < 1.29 is 14.3 Å². The molecule has 2 heterocycles. The second kappa shape index (κ2) is 7.20. The summed E-state index contributed by atoms with van der Waals surface area (Å²) in [7, 11) is 3.19. The molecule has 1 unspecified atom stereocenters. The second-order valence-electron chi connectivity index (χ2n) is 6.71. The van der Waals surface area contributed by atoms with Crippen molar-refractivity contribution in [3.63, 3.8) is 0 Å². The Kier molecular flexibility index (Phi) is 4.73. The summed E-state index contributed by atoms with van der Waals surface area (Å²) in [5.41, 5.74) is 3.70. The van der Waals surface area contributed by atoms with Crippen molar-refractivity contribution in [1.29, 1.82) is 0 Å². The zero-order valence-corrected chi connectivity index (χ0v) is 16.6. The molecular weight excluding hydrogens is 378 g/mol. The standard InChI is InChI=1S/C21H20ClN3O3/c1-12-4-6-14(9-17(12)22)25-21-16(11-23-25)15(10-20(26)24-21)13-5-7-18(27-2)19(8-13)28-3/h4-9,11,15H,10H2,1-3H3,(H,24,26). The number of fused-ring (bicyclic) bond motifs is 1. The lowest BCUT2D eigenvalue weighted by Gasteiger charge is -2.24. The van der Waals surface area contributed by atoms with Gasteiger partial charge >= 0.3 is 0 Å². The van der Waals surface area contributed by atoms with E-state index in [9.17, 15) is 4.79 Å². The SMILES string of the molecule is COc1ccc(C2CC(=O)Nc3c2cnn3-c2ccc(C)c(Cl)c2)cc1OC. The number of nitrogens with one attached hydrogen (secondary N) is 1. The van der Waals surface area contributed by atoms with Gasteiger partial charge in [0.1, 0.15) is 5.82 Å². The normalized spacial score (nSPS) is 15.7. The summed E-state index contributed by atoms with van der Waals surface area (Å²) in [6.07, 6.45) is 2.13. The molecule has 0 aliphatic carbocycles. The first-order chi connectivity index (χ1) is 13.5. The third-order valence-corrected chi connectivity index (χ3v) is 5.44. The fraction of sp³-hybridized carbons (Fsp3) is 0.238. The van der Waals surface area contributed by atoms with Gasteiger partial charge in [0.15, 0.2) is 11.5 Å². The highest BCUT2D eigenvalue weighted by atomic mass is 35.5. The predicted octanol–water partition coefficient (Wildman–Crippen LogP) is 4.33. The summed E-state index contributed by atoms with van der Waals surface area (Å²) in [5.74, 6) is 1.75. The minimum Gasteiger partial charge on any atom is -0.493 e. The number of nitrogens with zero attached hydrogens (tertiary/aromatic N) is 2. The molecule has 2 aromatic carbocycles. The van der Waals surface area contributed by atoms with Crippen LogP contribution >= 0.6 is 11.6 Å². The second-order valence-corrected chi connectivity index (χ2v) is 7.12. The van der Waals surface area contributed by atoms with Crippen LogP contribution < -0.4 is 14.8 Å². The summed E-state index contributed by atoms with van der Waals surface area (Å²) in [5, 5.41) is 8.12. The Hall–Kier alpha value is -2.99. The monoisotopic (exact) mass is 397 g/mol. The lowest BCUT2D eigenvalue weighted by Crippen LogP contribution is -2.24. The molecule has 3 aromatic rings. The van der Waals surface area contributed by atoms with Crippen LogP contribution in [0.2, 0.25) is 5.02 Å². The molecule has 1 amide bonds. The number of aryl methyl sites for hydroxylation is 1. The van der Waals surface area contributed by atoms with Gasteiger partial charge in [0.2, 0.25) is 5.91 Å². The van der Waals surface area contributed by atoms with Crippen LogP contribution in [0.3, 0.4) is 0 Å². The fourth-order valence-corrected chi connectivity index (χ4v) is 3.67. The molecule has 0 saturated heterocycles. The maximum absolute atomic E-state index is 12.5. The molecule has 1 aliphatic rings. The van der Waals surface area contributed by atoms with Gasteiger partial charge in [-0.1, -0.05) is 23.7 Å². The number of carbonyl (C=O) groups excluding carboxylic acids is 1. The van der Waals surface area contributed by atoms with Crippen molar-refractivity contribution >= 4 is 23.3 Å². The molecule has 0 bridgehead atoms. The Balaban J connectivity index is 1.79. The number of ether oxygens (including phenoxy) is 2. The number of methoxy groups -OCH3 is 2. The molecule has 0 radical (unpaired) electrons. The van der Waals surface area contributed by atoms with Crippen molar-refractivity contribution in [1.82, 2.24) is 9.78 Å². The largest absolute Gasteiger partial charge is 0.493 e. The van der Waals surface area contributed by atoms with E-state index in [1.165, 1.54) is 0 Å². The van der Waals surface area contributed by atoms with Crippen LogP contribution in [0.5, 0.6) is 11.5 Å². The van der Waals surface area contributed by atoms with Crippen LogP contribution in [0.15, 0.2) is 42.6 Å². The highest BCUT2D eigenvalue weighted by molar-refractivity contribution is 6.31. The number of anilines is 1. The predicted molar refractivity (Wildman–Crippen MR) is 108 cm³/mol. The number of rotatable bonds is 4. The molecule has 1 N–H and O–H groups in total. The van der Waals surface area contributed by atoms with E-state index in [2.05, 4.69) is 10.4 Å². The molecule has 144 valence electrons. The van der Waals surface area contributed by atoms with Crippen LogP contribution in [-0.2, 0) is 4.79 Å². The van der Waals surface area contributed by atoms with Crippen LogP contribution in [0.1, 0.15) is 29.0 Å². The average molecular weight is 398 g/mol. The molecule has 1 aliphatic heterocycles. The van der Waals surface area contributed by atoms with Crippen LogP contribution in [0, 0.1) is 6.92 Å². The van der Waals surface area contributed by atoms with E-state index in [-0.39, 0.29) is 11.8 Å². The molecule has 1 aromatic heterocycles. The molecule has 1 atom stereocenters. The molecule has 0 saturated carbocycles. The Morgan fingerprint density at radius 1 is 1.14 bits per heavy atom. The van der Waals surface area contributed by atoms with E-state index in [4.69, 9.17) is 21.1 Å². The molecule has 0 fully saturated rings. The Bertz CT molecular complexity index is 1060. The molecule has 0 spiro atoms. The average Bonchev–Trinajstić information content (AvgIpc) is 3.12. The van der Waals surface area contributed by atoms with E-state index in [1.54, 1.807) is 25.1 Å². The van der Waals surface area contributed by atoms with Gasteiger partial charge in [0.05, 0.1) is 26.1 Å². The van der Waals surface area contributed by atoms with Gasteiger partial charge < -0.3 is 14.8 Å². The van der Waals surface area contributed by atoms with Gasteiger partial charge in [-0.25, -0.2) is 4.68 Å². The molecule has 4 rings (SSSR count). The molecule has 28 heavy (non-hydrogen) atoms. The summed E-state index contributed by atoms with van der Waals surface area (Å²) < 4.78 is 12.5. The first-order valence-corrected chi connectivity index (χ1v) is 9.26. The van der Waals surface area contributed by atoms with Gasteiger partial charge in [0.25, 0.3) is 0 Å². The van der Waals surface area contributed by atoms with Crippen molar-refractivity contribution in [2.75, 3.05) is 19.5 Å². The molecule has 6 nitrogen and oxygen atoms in total. The first kappa shape index (κ1) is 18.4. The lowest BCUT2D eigenvalue weighted by molar-refractivity contribution is -0.116. The van der Waals surface area contributed by atoms with E-state index in [0.717, 1.165) is 22.4 Å². The minimum atomic E-state index is -0.127. The highest BCUT2D eigenvalue weighted by Crippen LogP contribution is 2.40. The Morgan fingerprint density at radius 2 is 1.93 bits per heavy atom. The van der Waals surface area contributed by atoms with Gasteiger partial charge in [-0.3, -0.25) is 4.79 Å². The highest BCUT2D eigenvalue weighted by Gasteiger charge is 2.31. The van der Waals surface area contributed by atoms with Crippen molar-refractivity contribution in [2.45, 2.75) is 19.3 Å². The van der Waals surface area contributed by atoms with E-state index >= 15 is 0 Å². The number of hydrogen-bond donors (Lipinski definition) is 1. The van der Waals surface area contributed by atoms with Gasteiger partial charge in [-0.2, -0.15) is 5.10 Å². The van der Waals surface area contributed by atoms with Gasteiger partial charge in [0, 0.05) is 22.9 Å². The quantitative estimate of drug-likeness (QED) is 0.711. The zero-order chi connectivity index (χ0) is 19.8. The van der Waals surface area contributed by atoms with Gasteiger partial charge in [-0.15, -0.1) is 0 Å². The number of hydrogen-bond acceptors (Lipinski definition) is 4. The first-order valence-electron chi connectivity index (χ1n) is 8.88. The topological polar surface area (TPSA) is 65.4 Å². The minimum absolute atomic E-state index is 0.0627. The lowest BCUT2D eigenvalue weighted by atomic mass is 9.87. The molecular formula is C21H20ClN3O3. The summed E-state index contributed by atoms with van der Waals surface area (Å²) in [6, 6.07) is 11.4. The number of halogens is 1. The third-order valence-electron chi connectivity index (χ3n) is 5.03. The smallest absolute Gasteiger partial charge is 0.226 e. The van der Waals surface area contributed by atoms with Crippen molar-refractivity contribution in [3.8, 4) is 17.2 Å². The molecule has 7 heteroatoms. The number of aromatic nitrogens is 2. The summed E-state index contributed by atoms with van der Waals surface area (Å²) >= 11 is 6.27. The summed E-state index contributed by atoms with van der Waals surface area (Å²) in [4.78, 5) is 12.5. The zero-order valence-electron chi connectivity index (χ0n) is 15.8.